The van der Waals surface area contributed by atoms with E-state index in [1.807, 2.05) is 60.7 Å². The molecule has 0 heterocycles. The third-order valence-corrected chi connectivity index (χ3v) is 3.56. The van der Waals surface area contributed by atoms with Crippen LogP contribution in [-0.4, -0.2) is 12.3 Å². The third-order valence-electron chi connectivity index (χ3n) is 3.56. The highest BCUT2D eigenvalue weighted by molar-refractivity contribution is 6.26. The van der Waals surface area contributed by atoms with Crippen molar-refractivity contribution >= 4 is 17.1 Å². The van der Waals surface area contributed by atoms with Gasteiger partial charge in [-0.1, -0.05) is 74.0 Å². The summed E-state index contributed by atoms with van der Waals surface area (Å²) in [7, 11) is 0. The van der Waals surface area contributed by atoms with Crippen LogP contribution in [0.4, 0.5) is 0 Å². The molecule has 0 saturated carbocycles. The topological polar surface area (TPSA) is 29.1 Å². The molecule has 0 fully saturated rings. The lowest BCUT2D eigenvalue weighted by Gasteiger charge is -2.16. The Hall–Kier alpha value is -2.35. The van der Waals surface area contributed by atoms with Crippen LogP contribution in [0.1, 0.15) is 37.8 Å². The van der Waals surface area contributed by atoms with Gasteiger partial charge in [0.15, 0.2) is 5.78 Å². The van der Waals surface area contributed by atoms with Gasteiger partial charge in [0, 0.05) is 12.1 Å². The molecule has 0 spiro atoms. The SMILES string of the molecule is CCCCN/C(=C(\C(C)=O)c1ccccc1)c1ccccc1. The molecule has 0 saturated heterocycles. The van der Waals surface area contributed by atoms with Gasteiger partial charge in [-0.15, -0.1) is 0 Å². The number of Topliss-reactive ketones (excluding diaryl/α,β-unsaturated/α-hetero) is 1. The number of ketones is 1. The summed E-state index contributed by atoms with van der Waals surface area (Å²) in [6, 6.07) is 19.9. The summed E-state index contributed by atoms with van der Waals surface area (Å²) in [6.07, 6.45) is 2.20. The predicted octanol–water partition coefficient (Wildman–Crippen LogP) is 4.53. The van der Waals surface area contributed by atoms with E-state index in [2.05, 4.69) is 12.2 Å². The summed E-state index contributed by atoms with van der Waals surface area (Å²) in [5.41, 5.74) is 3.68. The van der Waals surface area contributed by atoms with Crippen molar-refractivity contribution in [2.75, 3.05) is 6.54 Å². The van der Waals surface area contributed by atoms with Crippen LogP contribution >= 0.6 is 0 Å². The second-order valence-corrected chi connectivity index (χ2v) is 5.32. The Kier molecular flexibility index (Phi) is 5.96. The molecule has 2 aromatic carbocycles. The maximum absolute atomic E-state index is 12.3. The molecule has 0 atom stereocenters. The van der Waals surface area contributed by atoms with Crippen molar-refractivity contribution in [3.05, 3.63) is 71.8 Å². The number of hydrogen-bond donors (Lipinski definition) is 1. The molecule has 114 valence electrons. The van der Waals surface area contributed by atoms with Crippen molar-refractivity contribution in [1.29, 1.82) is 0 Å². The average molecular weight is 293 g/mol. The van der Waals surface area contributed by atoms with Crippen LogP contribution in [0.2, 0.25) is 0 Å². The summed E-state index contributed by atoms with van der Waals surface area (Å²) >= 11 is 0. The van der Waals surface area contributed by atoms with Gasteiger partial charge < -0.3 is 5.32 Å². The van der Waals surface area contributed by atoms with Crippen molar-refractivity contribution in [2.45, 2.75) is 26.7 Å². The number of carbonyl (C=O) groups is 1. The van der Waals surface area contributed by atoms with Crippen molar-refractivity contribution in [3.8, 4) is 0 Å². The molecule has 0 bridgehead atoms. The molecule has 2 nitrogen and oxygen atoms in total. The zero-order valence-electron chi connectivity index (χ0n) is 13.3. The van der Waals surface area contributed by atoms with E-state index in [-0.39, 0.29) is 5.78 Å². The Morgan fingerprint density at radius 3 is 1.95 bits per heavy atom. The lowest BCUT2D eigenvalue weighted by molar-refractivity contribution is -0.111. The minimum absolute atomic E-state index is 0.0778. The van der Waals surface area contributed by atoms with E-state index in [1.165, 1.54) is 0 Å². The van der Waals surface area contributed by atoms with E-state index in [4.69, 9.17) is 0 Å². The zero-order chi connectivity index (χ0) is 15.8. The molecule has 0 unspecified atom stereocenters. The standard InChI is InChI=1S/C20H23NO/c1-3-4-15-21-20(18-13-9-6-10-14-18)19(16(2)22)17-11-7-5-8-12-17/h5-14,21H,3-4,15H2,1-2H3/b20-19+. The first-order chi connectivity index (χ1) is 10.7. The second kappa shape index (κ2) is 8.18. The largest absolute Gasteiger partial charge is 0.384 e. The maximum atomic E-state index is 12.3. The number of benzene rings is 2. The molecule has 0 aromatic heterocycles. The highest BCUT2D eigenvalue weighted by Crippen LogP contribution is 2.25. The highest BCUT2D eigenvalue weighted by Gasteiger charge is 2.15. The van der Waals surface area contributed by atoms with Gasteiger partial charge in [-0.05, 0) is 24.5 Å². The number of carbonyl (C=O) groups excluding carboxylic acids is 1. The lowest BCUT2D eigenvalue weighted by Crippen LogP contribution is -2.17. The van der Waals surface area contributed by atoms with Crippen LogP contribution in [0, 0.1) is 0 Å². The van der Waals surface area contributed by atoms with Crippen molar-refractivity contribution < 1.29 is 4.79 Å². The number of rotatable bonds is 7. The molecule has 0 radical (unpaired) electrons. The summed E-state index contributed by atoms with van der Waals surface area (Å²) in [5, 5.41) is 3.48. The van der Waals surface area contributed by atoms with Gasteiger partial charge in [0.25, 0.3) is 0 Å². The molecule has 1 N–H and O–H groups in total. The van der Waals surface area contributed by atoms with Gasteiger partial charge >= 0.3 is 0 Å². The smallest absolute Gasteiger partial charge is 0.162 e. The summed E-state index contributed by atoms with van der Waals surface area (Å²) in [4.78, 5) is 12.3. The van der Waals surface area contributed by atoms with E-state index in [0.717, 1.165) is 41.8 Å². The van der Waals surface area contributed by atoms with Crippen LogP contribution in [0.5, 0.6) is 0 Å². The monoisotopic (exact) mass is 293 g/mol. The molecule has 0 aliphatic heterocycles. The lowest BCUT2D eigenvalue weighted by atomic mass is 9.96. The number of unbranched alkanes of at least 4 members (excludes halogenated alkanes) is 1. The normalized spacial score (nSPS) is 11.7. The van der Waals surface area contributed by atoms with Gasteiger partial charge in [0.05, 0.1) is 5.70 Å². The van der Waals surface area contributed by atoms with E-state index in [9.17, 15) is 4.79 Å². The summed E-state index contributed by atoms with van der Waals surface area (Å²) in [5.74, 6) is 0.0778. The molecular formula is C20H23NO. The van der Waals surface area contributed by atoms with Gasteiger partial charge in [-0.2, -0.15) is 0 Å². The molecule has 0 aliphatic carbocycles. The molecule has 22 heavy (non-hydrogen) atoms. The predicted molar refractivity (Wildman–Crippen MR) is 93.3 cm³/mol. The number of nitrogens with one attached hydrogen (secondary N) is 1. The quantitative estimate of drug-likeness (QED) is 0.461. The second-order valence-electron chi connectivity index (χ2n) is 5.32. The Bertz CT molecular complexity index is 629. The van der Waals surface area contributed by atoms with Gasteiger partial charge in [-0.3, -0.25) is 4.79 Å². The Labute approximate surface area is 132 Å². The highest BCUT2D eigenvalue weighted by atomic mass is 16.1. The van der Waals surface area contributed by atoms with Gasteiger partial charge in [0.1, 0.15) is 0 Å². The van der Waals surface area contributed by atoms with Crippen molar-refractivity contribution in [1.82, 2.24) is 5.32 Å². The number of hydrogen-bond acceptors (Lipinski definition) is 2. The van der Waals surface area contributed by atoms with Crippen LogP contribution in [-0.2, 0) is 4.79 Å². The van der Waals surface area contributed by atoms with E-state index < -0.39 is 0 Å². The third kappa shape index (κ3) is 4.08. The minimum atomic E-state index is 0.0778. The molecule has 0 amide bonds. The fourth-order valence-corrected chi connectivity index (χ4v) is 2.46. The van der Waals surface area contributed by atoms with E-state index in [1.54, 1.807) is 6.92 Å². The van der Waals surface area contributed by atoms with E-state index >= 15 is 0 Å². The molecule has 2 rings (SSSR count). The molecule has 2 aromatic rings. The average Bonchev–Trinajstić information content (AvgIpc) is 2.55. The molecule has 2 heteroatoms. The van der Waals surface area contributed by atoms with Crippen LogP contribution in [0.3, 0.4) is 0 Å². The van der Waals surface area contributed by atoms with Crippen molar-refractivity contribution in [3.63, 3.8) is 0 Å². The first-order valence-corrected chi connectivity index (χ1v) is 7.84. The Balaban J connectivity index is 2.53. The maximum Gasteiger partial charge on any atom is 0.162 e. The summed E-state index contributed by atoms with van der Waals surface area (Å²) < 4.78 is 0. The zero-order valence-corrected chi connectivity index (χ0v) is 13.3. The fourth-order valence-electron chi connectivity index (χ4n) is 2.46. The van der Waals surface area contributed by atoms with E-state index in [0.29, 0.717) is 0 Å². The Morgan fingerprint density at radius 1 is 0.909 bits per heavy atom. The van der Waals surface area contributed by atoms with Crippen LogP contribution < -0.4 is 5.32 Å². The first-order valence-electron chi connectivity index (χ1n) is 7.84. The summed E-state index contributed by atoms with van der Waals surface area (Å²) in [6.45, 7) is 4.66. The van der Waals surface area contributed by atoms with Crippen molar-refractivity contribution in [2.24, 2.45) is 0 Å². The Morgan fingerprint density at radius 2 is 1.45 bits per heavy atom. The van der Waals surface area contributed by atoms with Crippen LogP contribution in [0.25, 0.3) is 11.3 Å². The van der Waals surface area contributed by atoms with Gasteiger partial charge in [-0.25, -0.2) is 0 Å². The first kappa shape index (κ1) is 16.0. The fraction of sp³-hybridized carbons (Fsp3) is 0.250. The van der Waals surface area contributed by atoms with Crippen LogP contribution in [0.15, 0.2) is 60.7 Å². The minimum Gasteiger partial charge on any atom is -0.384 e. The molecule has 0 aliphatic rings. The number of allylic oxidation sites excluding steroid dienone is 1. The molecular weight excluding hydrogens is 270 g/mol. The van der Waals surface area contributed by atoms with Gasteiger partial charge in [0.2, 0.25) is 0 Å².